The third-order valence-electron chi connectivity index (χ3n) is 2.54. The molecule has 0 saturated heterocycles. The summed E-state index contributed by atoms with van der Waals surface area (Å²) in [7, 11) is -3.84. The first-order valence-electron chi connectivity index (χ1n) is 6.06. The van der Waals surface area contributed by atoms with Crippen LogP contribution in [0.15, 0.2) is 22.6 Å². The number of carbonyl (C=O) groups excluding carboxylic acids is 1. The molecule has 1 aromatic carbocycles. The second-order valence-corrected chi connectivity index (χ2v) is 6.28. The molecule has 0 spiro atoms. The van der Waals surface area contributed by atoms with Crippen LogP contribution >= 0.6 is 0 Å². The molecule has 0 radical (unpaired) electrons. The van der Waals surface area contributed by atoms with E-state index in [1.807, 2.05) is 4.72 Å². The minimum absolute atomic E-state index is 0.348. The van der Waals surface area contributed by atoms with E-state index < -0.39 is 50.8 Å². The number of nitrogens with one attached hydrogen (secondary N) is 1. The Morgan fingerprint density at radius 1 is 1.35 bits per heavy atom. The standard InChI is InChI=1S/C13H11F2NO6S/c1-6(17)21-12-10(18)11(22-13(12)16-23(2,19)20)8-4-3-7(14)5-9(8)15/h3-5,16,18H,1-2H3. The van der Waals surface area contributed by atoms with Crippen LogP contribution in [-0.4, -0.2) is 25.7 Å². The first-order chi connectivity index (χ1) is 10.6. The number of halogens is 2. The summed E-state index contributed by atoms with van der Waals surface area (Å²) in [4.78, 5) is 11.1. The molecular formula is C13H11F2NO6S. The van der Waals surface area contributed by atoms with Gasteiger partial charge in [0, 0.05) is 13.0 Å². The van der Waals surface area contributed by atoms with Gasteiger partial charge in [0.15, 0.2) is 5.76 Å². The number of benzene rings is 1. The summed E-state index contributed by atoms with van der Waals surface area (Å²) in [6.45, 7) is 1.01. The van der Waals surface area contributed by atoms with Gasteiger partial charge in [-0.05, 0) is 12.1 Å². The highest BCUT2D eigenvalue weighted by molar-refractivity contribution is 7.92. The summed E-state index contributed by atoms with van der Waals surface area (Å²) in [5.41, 5.74) is -0.348. The Hall–Kier alpha value is -2.62. The van der Waals surface area contributed by atoms with Crippen molar-refractivity contribution in [2.45, 2.75) is 6.92 Å². The molecule has 10 heteroatoms. The predicted octanol–water partition coefficient (Wildman–Crippen LogP) is 2.23. The third kappa shape index (κ3) is 3.77. The van der Waals surface area contributed by atoms with Crippen molar-refractivity contribution in [3.8, 4) is 22.8 Å². The molecule has 7 nitrogen and oxygen atoms in total. The van der Waals surface area contributed by atoms with Gasteiger partial charge >= 0.3 is 5.97 Å². The predicted molar refractivity (Wildman–Crippen MR) is 75.5 cm³/mol. The van der Waals surface area contributed by atoms with Crippen molar-refractivity contribution in [1.82, 2.24) is 0 Å². The summed E-state index contributed by atoms with van der Waals surface area (Å²) in [5, 5.41) is 10.0. The quantitative estimate of drug-likeness (QED) is 0.822. The summed E-state index contributed by atoms with van der Waals surface area (Å²) in [6.07, 6.45) is 0.794. The molecule has 124 valence electrons. The lowest BCUT2D eigenvalue weighted by atomic mass is 10.1. The molecule has 2 aromatic rings. The van der Waals surface area contributed by atoms with Crippen LogP contribution < -0.4 is 9.46 Å². The van der Waals surface area contributed by atoms with Gasteiger partial charge in [0.25, 0.3) is 5.88 Å². The Bertz CT molecular complexity index is 875. The molecule has 0 bridgehead atoms. The molecule has 0 atom stereocenters. The van der Waals surface area contributed by atoms with Gasteiger partial charge in [0.05, 0.1) is 11.8 Å². The number of sulfonamides is 1. The number of esters is 1. The Labute approximate surface area is 129 Å². The number of aromatic hydroxyl groups is 1. The molecule has 0 unspecified atom stereocenters. The third-order valence-corrected chi connectivity index (χ3v) is 3.10. The molecule has 0 saturated carbocycles. The lowest BCUT2D eigenvalue weighted by Crippen LogP contribution is -2.11. The maximum atomic E-state index is 13.8. The van der Waals surface area contributed by atoms with E-state index in [-0.39, 0.29) is 5.56 Å². The van der Waals surface area contributed by atoms with Crippen molar-refractivity contribution in [3.63, 3.8) is 0 Å². The number of anilines is 1. The van der Waals surface area contributed by atoms with E-state index in [9.17, 15) is 27.1 Å². The minimum atomic E-state index is -3.84. The fraction of sp³-hybridized carbons (Fsp3) is 0.154. The van der Waals surface area contributed by atoms with Gasteiger partial charge in [-0.2, -0.15) is 0 Å². The van der Waals surface area contributed by atoms with Crippen LogP contribution in [0.3, 0.4) is 0 Å². The van der Waals surface area contributed by atoms with E-state index in [2.05, 4.69) is 4.74 Å². The molecule has 2 rings (SSSR count). The van der Waals surface area contributed by atoms with Crippen molar-refractivity contribution < 1.29 is 36.3 Å². The first-order valence-corrected chi connectivity index (χ1v) is 7.95. The number of hydrogen-bond acceptors (Lipinski definition) is 6. The van der Waals surface area contributed by atoms with E-state index in [4.69, 9.17) is 4.42 Å². The van der Waals surface area contributed by atoms with Crippen LogP contribution in [-0.2, 0) is 14.8 Å². The van der Waals surface area contributed by atoms with E-state index >= 15 is 0 Å². The van der Waals surface area contributed by atoms with Gasteiger partial charge < -0.3 is 14.3 Å². The summed E-state index contributed by atoms with van der Waals surface area (Å²) in [6, 6.07) is 2.44. The van der Waals surface area contributed by atoms with E-state index in [1.54, 1.807) is 0 Å². The molecular weight excluding hydrogens is 336 g/mol. The number of carbonyl (C=O) groups is 1. The van der Waals surface area contributed by atoms with Gasteiger partial charge in [-0.25, -0.2) is 17.2 Å². The van der Waals surface area contributed by atoms with Crippen molar-refractivity contribution in [1.29, 1.82) is 0 Å². The topological polar surface area (TPSA) is 106 Å². The largest absolute Gasteiger partial charge is 0.502 e. The monoisotopic (exact) mass is 347 g/mol. The van der Waals surface area contributed by atoms with Gasteiger partial charge in [-0.15, -0.1) is 0 Å². The molecule has 0 aliphatic heterocycles. The minimum Gasteiger partial charge on any atom is -0.502 e. The zero-order chi connectivity index (χ0) is 17.4. The molecule has 0 fully saturated rings. The molecule has 2 N–H and O–H groups in total. The maximum absolute atomic E-state index is 13.8. The van der Waals surface area contributed by atoms with Crippen LogP contribution in [0.5, 0.6) is 11.5 Å². The van der Waals surface area contributed by atoms with Gasteiger partial charge in [-0.3, -0.25) is 9.52 Å². The van der Waals surface area contributed by atoms with Crippen molar-refractivity contribution in [2.75, 3.05) is 11.0 Å². The number of rotatable bonds is 4. The van der Waals surface area contributed by atoms with Crippen LogP contribution in [0.1, 0.15) is 6.92 Å². The van der Waals surface area contributed by atoms with E-state index in [0.29, 0.717) is 6.07 Å². The average Bonchev–Trinajstić information content (AvgIpc) is 2.65. The van der Waals surface area contributed by atoms with Gasteiger partial charge in [-0.1, -0.05) is 0 Å². The number of ether oxygens (including phenoxy) is 1. The highest BCUT2D eigenvalue weighted by atomic mass is 32.2. The zero-order valence-electron chi connectivity index (χ0n) is 11.9. The number of hydrogen-bond donors (Lipinski definition) is 2. The molecule has 1 heterocycles. The second kappa shape index (κ2) is 5.88. The normalized spacial score (nSPS) is 11.3. The zero-order valence-corrected chi connectivity index (χ0v) is 12.7. The van der Waals surface area contributed by atoms with E-state index in [0.717, 1.165) is 25.3 Å². The fourth-order valence-corrected chi connectivity index (χ4v) is 2.21. The molecule has 0 aliphatic rings. The van der Waals surface area contributed by atoms with Crippen molar-refractivity contribution >= 4 is 21.9 Å². The Morgan fingerprint density at radius 3 is 2.52 bits per heavy atom. The van der Waals surface area contributed by atoms with Gasteiger partial charge in [0.2, 0.25) is 21.5 Å². The molecule has 23 heavy (non-hydrogen) atoms. The van der Waals surface area contributed by atoms with Crippen molar-refractivity contribution in [3.05, 3.63) is 29.8 Å². The molecule has 0 aliphatic carbocycles. The summed E-state index contributed by atoms with van der Waals surface area (Å²) >= 11 is 0. The van der Waals surface area contributed by atoms with Crippen molar-refractivity contribution in [2.24, 2.45) is 0 Å². The van der Waals surface area contributed by atoms with Gasteiger partial charge in [0.1, 0.15) is 11.6 Å². The summed E-state index contributed by atoms with van der Waals surface area (Å²) < 4.78 is 60.9. The average molecular weight is 347 g/mol. The maximum Gasteiger partial charge on any atom is 0.308 e. The lowest BCUT2D eigenvalue weighted by molar-refractivity contribution is -0.131. The summed E-state index contributed by atoms with van der Waals surface area (Å²) in [5.74, 6) is -5.35. The van der Waals surface area contributed by atoms with Crippen LogP contribution in [0, 0.1) is 11.6 Å². The Balaban J connectivity index is 2.63. The first kappa shape index (κ1) is 16.7. The fourth-order valence-electron chi connectivity index (χ4n) is 1.74. The number of furan rings is 1. The van der Waals surface area contributed by atoms with Crippen LogP contribution in [0.25, 0.3) is 11.3 Å². The van der Waals surface area contributed by atoms with Crippen LogP contribution in [0.4, 0.5) is 14.7 Å². The van der Waals surface area contributed by atoms with E-state index in [1.165, 1.54) is 0 Å². The lowest BCUT2D eigenvalue weighted by Gasteiger charge is -2.02. The molecule has 1 aromatic heterocycles. The Morgan fingerprint density at radius 2 is 2.00 bits per heavy atom. The highest BCUT2D eigenvalue weighted by Crippen LogP contribution is 2.47. The van der Waals surface area contributed by atoms with Crippen LogP contribution in [0.2, 0.25) is 0 Å². The smallest absolute Gasteiger partial charge is 0.308 e. The molecule has 0 amide bonds. The Kier molecular flexibility index (Phi) is 4.28. The second-order valence-electron chi connectivity index (χ2n) is 4.53. The highest BCUT2D eigenvalue weighted by Gasteiger charge is 2.27. The SMILES string of the molecule is CC(=O)Oc1c(NS(C)(=O)=O)oc(-c2ccc(F)cc2F)c1O.